The molecule has 122 valence electrons. The zero-order valence-electron chi connectivity index (χ0n) is 13.5. The average molecular weight is 309 g/mol. The molecule has 2 heterocycles. The SMILES string of the molecule is CCN(CC)CC(O)Cn1cnc2c1c(=O)n(C)c(=O)n2C. The van der Waals surface area contributed by atoms with Crippen LogP contribution in [0, 0.1) is 0 Å². The molecule has 0 aliphatic heterocycles. The third kappa shape index (κ3) is 2.84. The monoisotopic (exact) mass is 309 g/mol. The molecule has 8 heteroatoms. The molecule has 22 heavy (non-hydrogen) atoms. The Balaban J connectivity index is 2.38. The molecule has 0 saturated carbocycles. The molecule has 1 atom stereocenters. The molecule has 2 aromatic heterocycles. The molecule has 0 aromatic carbocycles. The zero-order valence-corrected chi connectivity index (χ0v) is 13.5. The Labute approximate surface area is 128 Å². The van der Waals surface area contributed by atoms with E-state index in [0.717, 1.165) is 17.7 Å². The fourth-order valence-corrected chi connectivity index (χ4v) is 2.60. The first-order chi connectivity index (χ1) is 10.4. The first kappa shape index (κ1) is 16.4. The van der Waals surface area contributed by atoms with Crippen molar-refractivity contribution in [2.45, 2.75) is 26.5 Å². The number of hydrogen-bond donors (Lipinski definition) is 1. The number of imidazole rings is 1. The lowest BCUT2D eigenvalue weighted by Gasteiger charge is -2.22. The number of aliphatic hydroxyl groups is 1. The van der Waals surface area contributed by atoms with Gasteiger partial charge in [-0.1, -0.05) is 13.8 Å². The van der Waals surface area contributed by atoms with E-state index in [0.29, 0.717) is 17.7 Å². The van der Waals surface area contributed by atoms with Gasteiger partial charge in [0.2, 0.25) is 0 Å². The second-order valence-corrected chi connectivity index (χ2v) is 5.41. The van der Waals surface area contributed by atoms with Gasteiger partial charge >= 0.3 is 5.69 Å². The number of aromatic nitrogens is 4. The highest BCUT2D eigenvalue weighted by atomic mass is 16.3. The smallest absolute Gasteiger partial charge is 0.332 e. The molecule has 1 N–H and O–H groups in total. The van der Waals surface area contributed by atoms with Crippen molar-refractivity contribution in [1.29, 1.82) is 0 Å². The number of rotatable bonds is 6. The summed E-state index contributed by atoms with van der Waals surface area (Å²) in [5, 5.41) is 10.2. The van der Waals surface area contributed by atoms with E-state index >= 15 is 0 Å². The summed E-state index contributed by atoms with van der Waals surface area (Å²) in [5.41, 5.74) is -0.136. The molecule has 0 fully saturated rings. The van der Waals surface area contributed by atoms with Gasteiger partial charge < -0.3 is 14.6 Å². The third-order valence-electron chi connectivity index (χ3n) is 3.99. The Bertz CT molecular complexity index is 769. The highest BCUT2D eigenvalue weighted by Gasteiger charge is 2.17. The summed E-state index contributed by atoms with van der Waals surface area (Å²) >= 11 is 0. The van der Waals surface area contributed by atoms with Crippen LogP contribution in [0.2, 0.25) is 0 Å². The number of nitrogens with zero attached hydrogens (tertiary/aromatic N) is 5. The van der Waals surface area contributed by atoms with Crippen molar-refractivity contribution in [3.8, 4) is 0 Å². The number of aryl methyl sites for hydroxylation is 1. The topological polar surface area (TPSA) is 85.3 Å². The molecule has 8 nitrogen and oxygen atoms in total. The number of likely N-dealkylation sites (N-methyl/N-ethyl adjacent to an activating group) is 1. The van der Waals surface area contributed by atoms with Gasteiger partial charge in [0, 0.05) is 20.6 Å². The second-order valence-electron chi connectivity index (χ2n) is 5.41. The molecule has 2 aromatic rings. The van der Waals surface area contributed by atoms with Gasteiger partial charge in [0.15, 0.2) is 11.2 Å². The normalized spacial score (nSPS) is 13.2. The van der Waals surface area contributed by atoms with E-state index in [4.69, 9.17) is 0 Å². The highest BCUT2D eigenvalue weighted by molar-refractivity contribution is 5.69. The van der Waals surface area contributed by atoms with E-state index in [1.165, 1.54) is 17.9 Å². The van der Waals surface area contributed by atoms with Crippen molar-refractivity contribution in [2.75, 3.05) is 19.6 Å². The largest absolute Gasteiger partial charge is 0.390 e. The quantitative estimate of drug-likeness (QED) is 0.750. The Morgan fingerprint density at radius 3 is 2.45 bits per heavy atom. The molecular formula is C14H23N5O3. The summed E-state index contributed by atoms with van der Waals surface area (Å²) in [4.78, 5) is 30.4. The van der Waals surface area contributed by atoms with Crippen LogP contribution in [-0.4, -0.2) is 54.4 Å². The number of aliphatic hydroxyl groups excluding tert-OH is 1. The molecule has 0 spiro atoms. The minimum absolute atomic E-state index is 0.264. The predicted molar refractivity (Wildman–Crippen MR) is 84.0 cm³/mol. The summed E-state index contributed by atoms with van der Waals surface area (Å²) < 4.78 is 4.01. The molecule has 2 rings (SSSR count). The Kier molecular flexibility index (Phi) is 4.82. The second kappa shape index (κ2) is 6.45. The van der Waals surface area contributed by atoms with Crippen LogP contribution in [0.15, 0.2) is 15.9 Å². The third-order valence-corrected chi connectivity index (χ3v) is 3.99. The molecular weight excluding hydrogens is 286 g/mol. The predicted octanol–water partition coefficient (Wildman–Crippen LogP) is -0.864. The molecule has 0 saturated heterocycles. The van der Waals surface area contributed by atoms with Gasteiger partial charge in [-0.15, -0.1) is 0 Å². The van der Waals surface area contributed by atoms with Gasteiger partial charge in [-0.2, -0.15) is 0 Å². The van der Waals surface area contributed by atoms with Crippen molar-refractivity contribution >= 4 is 11.2 Å². The molecule has 0 aliphatic rings. The average Bonchev–Trinajstić information content (AvgIpc) is 2.92. The van der Waals surface area contributed by atoms with Gasteiger partial charge in [-0.3, -0.25) is 13.9 Å². The molecule has 0 amide bonds. The lowest BCUT2D eigenvalue weighted by atomic mass is 10.3. The van der Waals surface area contributed by atoms with Crippen LogP contribution in [0.1, 0.15) is 13.8 Å². The maximum atomic E-state index is 12.3. The van der Waals surface area contributed by atoms with Gasteiger partial charge in [0.25, 0.3) is 5.56 Å². The molecule has 1 unspecified atom stereocenters. The molecule has 0 aliphatic carbocycles. The van der Waals surface area contributed by atoms with Crippen LogP contribution in [-0.2, 0) is 20.6 Å². The van der Waals surface area contributed by atoms with Crippen molar-refractivity contribution in [3.05, 3.63) is 27.2 Å². The molecule has 0 radical (unpaired) electrons. The first-order valence-corrected chi connectivity index (χ1v) is 7.41. The molecule has 0 bridgehead atoms. The van der Waals surface area contributed by atoms with Crippen LogP contribution in [0.5, 0.6) is 0 Å². The van der Waals surface area contributed by atoms with Crippen molar-refractivity contribution in [2.24, 2.45) is 14.1 Å². The van der Waals surface area contributed by atoms with Crippen molar-refractivity contribution in [1.82, 2.24) is 23.6 Å². The van der Waals surface area contributed by atoms with Crippen LogP contribution in [0.3, 0.4) is 0 Å². The number of hydrogen-bond acceptors (Lipinski definition) is 5. The number of fused-ring (bicyclic) bond motifs is 1. The fourth-order valence-electron chi connectivity index (χ4n) is 2.60. The highest BCUT2D eigenvalue weighted by Crippen LogP contribution is 2.07. The summed E-state index contributed by atoms with van der Waals surface area (Å²) in [6, 6.07) is 0. The fraction of sp³-hybridized carbons (Fsp3) is 0.643. The summed E-state index contributed by atoms with van der Waals surface area (Å²) in [6.45, 7) is 6.57. The van der Waals surface area contributed by atoms with Gasteiger partial charge in [-0.05, 0) is 13.1 Å². The van der Waals surface area contributed by atoms with Crippen molar-refractivity contribution < 1.29 is 5.11 Å². The Morgan fingerprint density at radius 2 is 1.86 bits per heavy atom. The van der Waals surface area contributed by atoms with E-state index in [1.807, 2.05) is 13.8 Å². The van der Waals surface area contributed by atoms with Gasteiger partial charge in [0.05, 0.1) is 19.0 Å². The van der Waals surface area contributed by atoms with E-state index in [2.05, 4.69) is 9.88 Å². The summed E-state index contributed by atoms with van der Waals surface area (Å²) in [7, 11) is 3.02. The van der Waals surface area contributed by atoms with Crippen LogP contribution >= 0.6 is 0 Å². The van der Waals surface area contributed by atoms with Gasteiger partial charge in [-0.25, -0.2) is 9.78 Å². The Morgan fingerprint density at radius 1 is 1.23 bits per heavy atom. The maximum Gasteiger partial charge on any atom is 0.332 e. The van der Waals surface area contributed by atoms with Crippen LogP contribution in [0.4, 0.5) is 0 Å². The standard InChI is InChI=1S/C14H23N5O3/c1-5-18(6-2)7-10(20)8-19-9-15-12-11(19)13(21)17(4)14(22)16(12)3/h9-10,20H,5-8H2,1-4H3. The lowest BCUT2D eigenvalue weighted by molar-refractivity contribution is 0.104. The minimum atomic E-state index is -0.612. The Hall–Kier alpha value is -1.93. The zero-order chi connectivity index (χ0) is 16.4. The lowest BCUT2D eigenvalue weighted by Crippen LogP contribution is -2.38. The van der Waals surface area contributed by atoms with E-state index in [-0.39, 0.29) is 6.54 Å². The van der Waals surface area contributed by atoms with E-state index < -0.39 is 17.4 Å². The first-order valence-electron chi connectivity index (χ1n) is 7.41. The van der Waals surface area contributed by atoms with Crippen LogP contribution in [0.25, 0.3) is 11.2 Å². The van der Waals surface area contributed by atoms with Gasteiger partial charge in [0.1, 0.15) is 0 Å². The van der Waals surface area contributed by atoms with E-state index in [9.17, 15) is 14.7 Å². The summed E-state index contributed by atoms with van der Waals surface area (Å²) in [5.74, 6) is 0. The van der Waals surface area contributed by atoms with Crippen LogP contribution < -0.4 is 11.2 Å². The van der Waals surface area contributed by atoms with E-state index in [1.54, 1.807) is 11.6 Å². The summed E-state index contributed by atoms with van der Waals surface area (Å²) in [6.07, 6.45) is 0.885. The van der Waals surface area contributed by atoms with Crippen molar-refractivity contribution in [3.63, 3.8) is 0 Å². The minimum Gasteiger partial charge on any atom is -0.390 e. The maximum absolute atomic E-state index is 12.3.